The molecular formula is C25H29N3O3. The van der Waals surface area contributed by atoms with Gasteiger partial charge in [-0.15, -0.1) is 0 Å². The molecule has 0 spiro atoms. The van der Waals surface area contributed by atoms with Crippen LogP contribution in [0.5, 0.6) is 0 Å². The number of likely N-dealkylation sites (tertiary alicyclic amines) is 1. The lowest BCUT2D eigenvalue weighted by Crippen LogP contribution is -2.44. The van der Waals surface area contributed by atoms with Crippen LogP contribution in [-0.4, -0.2) is 42.3 Å². The molecule has 162 valence electrons. The highest BCUT2D eigenvalue weighted by Crippen LogP contribution is 2.28. The van der Waals surface area contributed by atoms with Crippen molar-refractivity contribution in [2.24, 2.45) is 11.8 Å². The van der Waals surface area contributed by atoms with Crippen LogP contribution < -0.4 is 10.2 Å². The quantitative estimate of drug-likeness (QED) is 0.824. The van der Waals surface area contributed by atoms with Crippen LogP contribution in [0.15, 0.2) is 48.5 Å². The van der Waals surface area contributed by atoms with E-state index in [1.54, 1.807) is 4.90 Å². The third kappa shape index (κ3) is 4.48. The number of carbonyl (C=O) groups is 3. The first-order valence-electron chi connectivity index (χ1n) is 11.0. The maximum atomic E-state index is 13.0. The molecule has 2 saturated heterocycles. The summed E-state index contributed by atoms with van der Waals surface area (Å²) >= 11 is 0. The number of amides is 3. The maximum absolute atomic E-state index is 13.0. The van der Waals surface area contributed by atoms with E-state index >= 15 is 0 Å². The SMILES string of the molecule is Cc1cccc(C)c1NC(=O)C1CCN(C(=O)C2CC(=O)N(c3ccccc3)C2)CC1. The van der Waals surface area contributed by atoms with Crippen LogP contribution >= 0.6 is 0 Å². The highest BCUT2D eigenvalue weighted by Gasteiger charge is 2.38. The van der Waals surface area contributed by atoms with Crippen molar-refractivity contribution in [3.63, 3.8) is 0 Å². The largest absolute Gasteiger partial charge is 0.342 e. The zero-order chi connectivity index (χ0) is 22.0. The Labute approximate surface area is 183 Å². The summed E-state index contributed by atoms with van der Waals surface area (Å²) in [6.07, 6.45) is 1.54. The summed E-state index contributed by atoms with van der Waals surface area (Å²) in [6, 6.07) is 15.5. The molecule has 2 heterocycles. The number of aryl methyl sites for hydroxylation is 2. The number of piperidine rings is 1. The number of anilines is 2. The molecule has 2 fully saturated rings. The van der Waals surface area contributed by atoms with Gasteiger partial charge in [0.2, 0.25) is 17.7 Å². The second-order valence-electron chi connectivity index (χ2n) is 8.60. The average Bonchev–Trinajstić information content (AvgIpc) is 3.18. The Bertz CT molecular complexity index is 961. The van der Waals surface area contributed by atoms with Crippen LogP contribution in [0.25, 0.3) is 0 Å². The highest BCUT2D eigenvalue weighted by atomic mass is 16.2. The molecule has 31 heavy (non-hydrogen) atoms. The third-order valence-corrected chi connectivity index (χ3v) is 6.45. The van der Waals surface area contributed by atoms with E-state index in [4.69, 9.17) is 0 Å². The Hall–Kier alpha value is -3.15. The van der Waals surface area contributed by atoms with Gasteiger partial charge in [0.05, 0.1) is 5.92 Å². The predicted octanol–water partition coefficient (Wildman–Crippen LogP) is 3.53. The second-order valence-corrected chi connectivity index (χ2v) is 8.60. The first kappa shape index (κ1) is 21.1. The number of para-hydroxylation sites is 2. The van der Waals surface area contributed by atoms with E-state index < -0.39 is 0 Å². The van der Waals surface area contributed by atoms with Crippen LogP contribution in [0.1, 0.15) is 30.4 Å². The summed E-state index contributed by atoms with van der Waals surface area (Å²) in [4.78, 5) is 41.8. The molecule has 1 unspecified atom stereocenters. The lowest BCUT2D eigenvalue weighted by Gasteiger charge is -2.33. The van der Waals surface area contributed by atoms with Gasteiger partial charge in [-0.3, -0.25) is 14.4 Å². The zero-order valence-electron chi connectivity index (χ0n) is 18.1. The summed E-state index contributed by atoms with van der Waals surface area (Å²) in [5.74, 6) is -0.370. The summed E-state index contributed by atoms with van der Waals surface area (Å²) < 4.78 is 0. The van der Waals surface area contributed by atoms with Crippen LogP contribution in [-0.2, 0) is 14.4 Å². The van der Waals surface area contributed by atoms with Gasteiger partial charge in [0.25, 0.3) is 0 Å². The van der Waals surface area contributed by atoms with Gasteiger partial charge >= 0.3 is 0 Å². The molecule has 6 heteroatoms. The molecule has 0 aliphatic carbocycles. The Kier molecular flexibility index (Phi) is 6.07. The number of carbonyl (C=O) groups excluding carboxylic acids is 3. The van der Waals surface area contributed by atoms with E-state index in [9.17, 15) is 14.4 Å². The monoisotopic (exact) mass is 419 g/mol. The van der Waals surface area contributed by atoms with Crippen molar-refractivity contribution in [3.05, 3.63) is 59.7 Å². The van der Waals surface area contributed by atoms with Crippen LogP contribution in [0.2, 0.25) is 0 Å². The Morgan fingerprint density at radius 1 is 0.903 bits per heavy atom. The third-order valence-electron chi connectivity index (χ3n) is 6.45. The number of rotatable bonds is 4. The molecule has 2 aliphatic rings. The molecule has 2 aromatic carbocycles. The van der Waals surface area contributed by atoms with Gasteiger partial charge in [-0.1, -0.05) is 36.4 Å². The first-order chi connectivity index (χ1) is 14.9. The minimum atomic E-state index is -0.312. The molecule has 0 radical (unpaired) electrons. The summed E-state index contributed by atoms with van der Waals surface area (Å²) in [5.41, 5.74) is 3.82. The lowest BCUT2D eigenvalue weighted by molar-refractivity contribution is -0.138. The van der Waals surface area contributed by atoms with Gasteiger partial charge in [-0.05, 0) is 49.9 Å². The molecule has 2 aromatic rings. The number of nitrogens with one attached hydrogen (secondary N) is 1. The van der Waals surface area contributed by atoms with Gasteiger partial charge < -0.3 is 15.1 Å². The van der Waals surface area contributed by atoms with Crippen molar-refractivity contribution in [1.82, 2.24) is 4.90 Å². The number of hydrogen-bond acceptors (Lipinski definition) is 3. The van der Waals surface area contributed by atoms with E-state index in [1.165, 1.54) is 0 Å². The first-order valence-corrected chi connectivity index (χ1v) is 11.0. The van der Waals surface area contributed by atoms with Crippen molar-refractivity contribution in [1.29, 1.82) is 0 Å². The van der Waals surface area contributed by atoms with E-state index in [0.717, 1.165) is 22.5 Å². The summed E-state index contributed by atoms with van der Waals surface area (Å²) in [5, 5.41) is 3.08. The molecule has 1 atom stereocenters. The van der Waals surface area contributed by atoms with Gasteiger partial charge in [-0.25, -0.2) is 0 Å². The molecule has 2 aliphatic heterocycles. The maximum Gasteiger partial charge on any atom is 0.228 e. The van der Waals surface area contributed by atoms with E-state index in [1.807, 2.05) is 67.3 Å². The van der Waals surface area contributed by atoms with Crippen molar-refractivity contribution < 1.29 is 14.4 Å². The molecule has 4 rings (SSSR count). The fraction of sp³-hybridized carbons (Fsp3) is 0.400. The molecule has 3 amide bonds. The zero-order valence-corrected chi connectivity index (χ0v) is 18.1. The number of nitrogens with zero attached hydrogens (tertiary/aromatic N) is 2. The Morgan fingerprint density at radius 3 is 2.19 bits per heavy atom. The smallest absolute Gasteiger partial charge is 0.228 e. The average molecular weight is 420 g/mol. The molecule has 1 N–H and O–H groups in total. The second kappa shape index (κ2) is 8.92. The molecule has 0 bridgehead atoms. The van der Waals surface area contributed by atoms with Crippen molar-refractivity contribution >= 4 is 29.1 Å². The Morgan fingerprint density at radius 2 is 1.55 bits per heavy atom. The highest BCUT2D eigenvalue weighted by molar-refractivity contribution is 6.00. The molecule has 6 nitrogen and oxygen atoms in total. The lowest BCUT2D eigenvalue weighted by atomic mass is 9.94. The van der Waals surface area contributed by atoms with Crippen molar-refractivity contribution in [3.8, 4) is 0 Å². The molecule has 0 aromatic heterocycles. The normalized spacial score (nSPS) is 19.5. The van der Waals surface area contributed by atoms with Crippen LogP contribution in [0.3, 0.4) is 0 Å². The molecule has 0 saturated carbocycles. The topological polar surface area (TPSA) is 69.7 Å². The van der Waals surface area contributed by atoms with Crippen molar-refractivity contribution in [2.75, 3.05) is 29.9 Å². The number of hydrogen-bond donors (Lipinski definition) is 1. The minimum absolute atomic E-state index is 0.00702. The van der Waals surface area contributed by atoms with Gasteiger partial charge in [0, 0.05) is 43.3 Å². The minimum Gasteiger partial charge on any atom is -0.342 e. The van der Waals surface area contributed by atoms with Gasteiger partial charge in [0.1, 0.15) is 0 Å². The van der Waals surface area contributed by atoms with Crippen LogP contribution in [0.4, 0.5) is 11.4 Å². The Balaban J connectivity index is 1.32. The van der Waals surface area contributed by atoms with E-state index in [2.05, 4.69) is 5.32 Å². The fourth-order valence-electron chi connectivity index (χ4n) is 4.59. The molecular weight excluding hydrogens is 390 g/mol. The van der Waals surface area contributed by atoms with Gasteiger partial charge in [0.15, 0.2) is 0 Å². The summed E-state index contributed by atoms with van der Waals surface area (Å²) in [7, 11) is 0. The standard InChI is InChI=1S/C25H29N3O3/c1-17-7-6-8-18(2)23(17)26-24(30)19-11-13-27(14-12-19)25(31)20-15-22(29)28(16-20)21-9-4-3-5-10-21/h3-10,19-20H,11-16H2,1-2H3,(H,26,30). The van der Waals surface area contributed by atoms with Gasteiger partial charge in [-0.2, -0.15) is 0 Å². The summed E-state index contributed by atoms with van der Waals surface area (Å²) in [6.45, 7) is 5.52. The van der Waals surface area contributed by atoms with E-state index in [0.29, 0.717) is 32.5 Å². The van der Waals surface area contributed by atoms with E-state index in [-0.39, 0.29) is 36.0 Å². The fourth-order valence-corrected chi connectivity index (χ4v) is 4.59. The van der Waals surface area contributed by atoms with Crippen molar-refractivity contribution in [2.45, 2.75) is 33.1 Å². The predicted molar refractivity (Wildman–Crippen MR) is 121 cm³/mol. The van der Waals surface area contributed by atoms with Crippen LogP contribution in [0, 0.1) is 25.7 Å². The number of benzene rings is 2.